The molecule has 2 aromatic carbocycles. The topological polar surface area (TPSA) is 44.1 Å². The second-order valence-electron chi connectivity index (χ2n) is 4.51. The smallest absolute Gasteiger partial charge is 0.237 e. The van der Waals surface area contributed by atoms with E-state index in [-0.39, 0.29) is 23.9 Å². The first-order chi connectivity index (χ1) is 10.7. The van der Waals surface area contributed by atoms with E-state index in [1.807, 2.05) is 36.4 Å². The van der Waals surface area contributed by atoms with E-state index in [0.29, 0.717) is 11.4 Å². The van der Waals surface area contributed by atoms with Gasteiger partial charge in [0.15, 0.2) is 0 Å². The lowest BCUT2D eigenvalue weighted by Gasteiger charge is -2.21. The van der Waals surface area contributed by atoms with Crippen LogP contribution in [0, 0.1) is 17.1 Å². The van der Waals surface area contributed by atoms with Crippen LogP contribution in [0.15, 0.2) is 59.5 Å². The Morgan fingerprint density at radius 3 is 2.50 bits per heavy atom. The molecule has 0 fully saturated rings. The zero-order valence-electron chi connectivity index (χ0n) is 11.9. The summed E-state index contributed by atoms with van der Waals surface area (Å²) in [5, 5.41) is 8.75. The van der Waals surface area contributed by atoms with Gasteiger partial charge in [-0.05, 0) is 24.3 Å². The number of anilines is 1. The van der Waals surface area contributed by atoms with Gasteiger partial charge in [0.05, 0.1) is 18.2 Å². The van der Waals surface area contributed by atoms with Gasteiger partial charge in [-0.3, -0.25) is 4.79 Å². The van der Waals surface area contributed by atoms with Crippen molar-refractivity contribution in [2.75, 3.05) is 17.2 Å². The van der Waals surface area contributed by atoms with Crippen LogP contribution in [0.2, 0.25) is 0 Å². The summed E-state index contributed by atoms with van der Waals surface area (Å²) in [6.45, 7) is 0.331. The first kappa shape index (κ1) is 16.1. The molecular formula is C17H15FN2OS. The Morgan fingerprint density at radius 2 is 1.82 bits per heavy atom. The van der Waals surface area contributed by atoms with Gasteiger partial charge in [0.1, 0.15) is 5.82 Å². The summed E-state index contributed by atoms with van der Waals surface area (Å²) in [4.78, 5) is 14.4. The minimum Gasteiger partial charge on any atom is -0.311 e. The second kappa shape index (κ2) is 8.20. The predicted octanol–water partition coefficient (Wildman–Crippen LogP) is 3.86. The highest BCUT2D eigenvalue weighted by molar-refractivity contribution is 8.00. The third-order valence-corrected chi connectivity index (χ3v) is 4.04. The standard InChI is InChI=1S/C17H15FN2OS/c18-15-9-4-5-10-16(15)22-13-17(21)20(12-6-11-19)14-7-2-1-3-8-14/h1-5,7-10H,6,12-13H2. The first-order valence-corrected chi connectivity index (χ1v) is 7.80. The SMILES string of the molecule is N#CCCN(C(=O)CSc1ccccc1F)c1ccccc1. The van der Waals surface area contributed by atoms with E-state index in [9.17, 15) is 9.18 Å². The molecule has 0 saturated heterocycles. The first-order valence-electron chi connectivity index (χ1n) is 6.82. The molecule has 3 nitrogen and oxygen atoms in total. The number of halogens is 1. The Balaban J connectivity index is 2.06. The highest BCUT2D eigenvalue weighted by Crippen LogP contribution is 2.23. The summed E-state index contributed by atoms with van der Waals surface area (Å²) in [5.41, 5.74) is 0.747. The molecule has 0 spiro atoms. The summed E-state index contributed by atoms with van der Waals surface area (Å²) in [7, 11) is 0. The van der Waals surface area contributed by atoms with Gasteiger partial charge < -0.3 is 4.90 Å². The molecular weight excluding hydrogens is 299 g/mol. The largest absolute Gasteiger partial charge is 0.311 e. The van der Waals surface area contributed by atoms with Crippen molar-refractivity contribution in [1.29, 1.82) is 5.26 Å². The number of benzene rings is 2. The van der Waals surface area contributed by atoms with Crippen molar-refractivity contribution in [1.82, 2.24) is 0 Å². The van der Waals surface area contributed by atoms with Crippen LogP contribution in [0.25, 0.3) is 0 Å². The Morgan fingerprint density at radius 1 is 1.14 bits per heavy atom. The van der Waals surface area contributed by atoms with Crippen LogP contribution >= 0.6 is 11.8 Å². The molecule has 1 amide bonds. The van der Waals surface area contributed by atoms with Crippen molar-refractivity contribution in [3.8, 4) is 6.07 Å². The van der Waals surface area contributed by atoms with Gasteiger partial charge in [-0.25, -0.2) is 4.39 Å². The molecule has 0 aliphatic heterocycles. The van der Waals surface area contributed by atoms with Gasteiger partial charge in [-0.2, -0.15) is 5.26 Å². The number of hydrogen-bond donors (Lipinski definition) is 0. The fourth-order valence-electron chi connectivity index (χ4n) is 1.95. The van der Waals surface area contributed by atoms with Crippen LogP contribution in [-0.2, 0) is 4.79 Å². The van der Waals surface area contributed by atoms with E-state index in [1.54, 1.807) is 23.1 Å². The quantitative estimate of drug-likeness (QED) is 0.760. The van der Waals surface area contributed by atoms with E-state index in [4.69, 9.17) is 5.26 Å². The van der Waals surface area contributed by atoms with E-state index in [1.165, 1.54) is 6.07 Å². The predicted molar refractivity (Wildman–Crippen MR) is 86.1 cm³/mol. The number of hydrogen-bond acceptors (Lipinski definition) is 3. The van der Waals surface area contributed by atoms with Crippen molar-refractivity contribution in [3.63, 3.8) is 0 Å². The molecule has 0 heterocycles. The van der Waals surface area contributed by atoms with Gasteiger partial charge >= 0.3 is 0 Å². The van der Waals surface area contributed by atoms with E-state index in [2.05, 4.69) is 0 Å². The van der Waals surface area contributed by atoms with Crippen LogP contribution in [0.1, 0.15) is 6.42 Å². The van der Waals surface area contributed by atoms with Crippen LogP contribution < -0.4 is 4.90 Å². The van der Waals surface area contributed by atoms with Crippen molar-refractivity contribution in [3.05, 3.63) is 60.4 Å². The number of nitrogens with zero attached hydrogens (tertiary/aromatic N) is 2. The molecule has 0 unspecified atom stereocenters. The van der Waals surface area contributed by atoms with E-state index < -0.39 is 0 Å². The molecule has 0 atom stereocenters. The fourth-order valence-corrected chi connectivity index (χ4v) is 2.76. The Kier molecular flexibility index (Phi) is 5.99. The number of thioether (sulfide) groups is 1. The third-order valence-electron chi connectivity index (χ3n) is 3.00. The molecule has 5 heteroatoms. The lowest BCUT2D eigenvalue weighted by atomic mass is 10.2. The van der Waals surface area contributed by atoms with Gasteiger partial charge in [-0.15, -0.1) is 11.8 Å². The molecule has 2 rings (SSSR count). The number of amides is 1. The lowest BCUT2D eigenvalue weighted by Crippen LogP contribution is -2.33. The molecule has 0 N–H and O–H groups in total. The Bertz CT molecular complexity index is 670. The van der Waals surface area contributed by atoms with Crippen molar-refractivity contribution < 1.29 is 9.18 Å². The van der Waals surface area contributed by atoms with Crippen LogP contribution in [-0.4, -0.2) is 18.2 Å². The molecule has 0 aliphatic carbocycles. The normalized spacial score (nSPS) is 10.0. The summed E-state index contributed by atoms with van der Waals surface area (Å²) < 4.78 is 13.6. The van der Waals surface area contributed by atoms with Crippen molar-refractivity contribution >= 4 is 23.4 Å². The highest BCUT2D eigenvalue weighted by atomic mass is 32.2. The highest BCUT2D eigenvalue weighted by Gasteiger charge is 2.16. The second-order valence-corrected chi connectivity index (χ2v) is 5.53. The van der Waals surface area contributed by atoms with Crippen molar-refractivity contribution in [2.24, 2.45) is 0 Å². The average Bonchev–Trinajstić information content (AvgIpc) is 2.55. The summed E-state index contributed by atoms with van der Waals surface area (Å²) in [6, 6.07) is 17.6. The maximum atomic E-state index is 13.6. The zero-order chi connectivity index (χ0) is 15.8. The Labute approximate surface area is 133 Å². The molecule has 0 aromatic heterocycles. The number of nitriles is 1. The van der Waals surface area contributed by atoms with Crippen LogP contribution in [0.4, 0.5) is 10.1 Å². The molecule has 2 aromatic rings. The number of carbonyl (C=O) groups excluding carboxylic acids is 1. The maximum absolute atomic E-state index is 13.6. The Hall–Kier alpha value is -2.32. The molecule has 0 bridgehead atoms. The minimum atomic E-state index is -0.330. The monoisotopic (exact) mass is 314 g/mol. The van der Waals surface area contributed by atoms with Gasteiger partial charge in [0.2, 0.25) is 5.91 Å². The molecule has 0 radical (unpaired) electrons. The summed E-state index contributed by atoms with van der Waals surface area (Å²) in [6.07, 6.45) is 0.255. The van der Waals surface area contributed by atoms with Gasteiger partial charge in [-0.1, -0.05) is 30.3 Å². The van der Waals surface area contributed by atoms with E-state index >= 15 is 0 Å². The van der Waals surface area contributed by atoms with Gasteiger partial charge in [0.25, 0.3) is 0 Å². The minimum absolute atomic E-state index is 0.126. The third kappa shape index (κ3) is 4.34. The number of rotatable bonds is 6. The number of para-hydroxylation sites is 1. The zero-order valence-corrected chi connectivity index (χ0v) is 12.7. The molecule has 0 aliphatic rings. The lowest BCUT2D eigenvalue weighted by molar-refractivity contribution is -0.116. The molecule has 0 saturated carbocycles. The molecule has 112 valence electrons. The fraction of sp³-hybridized carbons (Fsp3) is 0.176. The number of carbonyl (C=O) groups is 1. The van der Waals surface area contributed by atoms with E-state index in [0.717, 1.165) is 17.4 Å². The average molecular weight is 314 g/mol. The van der Waals surface area contributed by atoms with Gasteiger partial charge in [0, 0.05) is 17.1 Å². The van der Waals surface area contributed by atoms with Crippen LogP contribution in [0.3, 0.4) is 0 Å². The summed E-state index contributed by atoms with van der Waals surface area (Å²) in [5.74, 6) is -0.348. The summed E-state index contributed by atoms with van der Waals surface area (Å²) >= 11 is 1.16. The van der Waals surface area contributed by atoms with Crippen molar-refractivity contribution in [2.45, 2.75) is 11.3 Å². The maximum Gasteiger partial charge on any atom is 0.237 e. The van der Waals surface area contributed by atoms with Crippen LogP contribution in [0.5, 0.6) is 0 Å². The molecule has 22 heavy (non-hydrogen) atoms.